The lowest BCUT2D eigenvalue weighted by atomic mass is 10.1. The Morgan fingerprint density at radius 1 is 1.23 bits per heavy atom. The van der Waals surface area contributed by atoms with Crippen LogP contribution in [0.1, 0.15) is 13.8 Å². The fourth-order valence-electron chi connectivity index (χ4n) is 3.21. The number of thiophene rings is 1. The van der Waals surface area contributed by atoms with Crippen molar-refractivity contribution in [2.45, 2.75) is 24.9 Å². The van der Waals surface area contributed by atoms with Gasteiger partial charge in [0, 0.05) is 16.8 Å². The van der Waals surface area contributed by atoms with E-state index in [4.69, 9.17) is 9.72 Å². The van der Waals surface area contributed by atoms with Crippen LogP contribution in [0.15, 0.2) is 58.1 Å². The van der Waals surface area contributed by atoms with Gasteiger partial charge in [0.1, 0.15) is 5.03 Å². The van der Waals surface area contributed by atoms with Crippen molar-refractivity contribution in [3.05, 3.63) is 53.0 Å². The van der Waals surface area contributed by atoms with Crippen LogP contribution in [0.3, 0.4) is 0 Å². The molecule has 30 heavy (non-hydrogen) atoms. The molecule has 1 aliphatic heterocycles. The molecule has 9 heteroatoms. The van der Waals surface area contributed by atoms with Gasteiger partial charge in [0.15, 0.2) is 5.82 Å². The second kappa shape index (κ2) is 8.85. The van der Waals surface area contributed by atoms with Crippen LogP contribution in [-0.4, -0.2) is 40.4 Å². The number of ether oxygens (including phenoxy) is 1. The highest BCUT2D eigenvalue weighted by atomic mass is 32.2. The molecule has 3 aromatic rings. The molecule has 0 saturated carbocycles. The van der Waals surface area contributed by atoms with Crippen LogP contribution >= 0.6 is 23.1 Å². The van der Waals surface area contributed by atoms with Crippen molar-refractivity contribution >= 4 is 46.0 Å². The lowest BCUT2D eigenvalue weighted by Crippen LogP contribution is -2.49. The Morgan fingerprint density at radius 3 is 2.83 bits per heavy atom. The van der Waals surface area contributed by atoms with E-state index < -0.39 is 12.0 Å². The normalized spacial score (nSPS) is 16.3. The average molecular weight is 441 g/mol. The Balaban J connectivity index is 1.70. The fourth-order valence-corrected chi connectivity index (χ4v) is 4.85. The quantitative estimate of drug-likeness (QED) is 0.342. The number of urea groups is 1. The molecule has 2 aromatic heterocycles. The summed E-state index contributed by atoms with van der Waals surface area (Å²) in [6.07, 6.45) is 0. The Labute approximate surface area is 181 Å². The summed E-state index contributed by atoms with van der Waals surface area (Å²) in [4.78, 5) is 34.9. The number of esters is 1. The maximum absolute atomic E-state index is 12.5. The van der Waals surface area contributed by atoms with Gasteiger partial charge >= 0.3 is 12.0 Å². The second-order valence-electron chi connectivity index (χ2n) is 6.57. The molecule has 1 atom stereocenters. The first-order chi connectivity index (χ1) is 14.6. The molecule has 0 radical (unpaired) electrons. The number of carbonyl (C=O) groups excluding carboxylic acids is 2. The van der Waals surface area contributed by atoms with Crippen LogP contribution in [0, 0.1) is 0 Å². The maximum Gasteiger partial charge on any atom is 0.337 e. The largest absolute Gasteiger partial charge is 0.463 e. The van der Waals surface area contributed by atoms with Crippen LogP contribution in [0.4, 0.5) is 4.79 Å². The van der Waals surface area contributed by atoms with E-state index in [0.29, 0.717) is 22.8 Å². The van der Waals surface area contributed by atoms with Crippen molar-refractivity contribution in [2.24, 2.45) is 0 Å². The zero-order chi connectivity index (χ0) is 21.1. The summed E-state index contributed by atoms with van der Waals surface area (Å²) in [5.74, 6) is 0.602. The number of hydrogen-bond acceptors (Lipinski definition) is 7. The van der Waals surface area contributed by atoms with Gasteiger partial charge in [0.2, 0.25) is 0 Å². The van der Waals surface area contributed by atoms with Crippen molar-refractivity contribution < 1.29 is 14.3 Å². The van der Waals surface area contributed by atoms with Crippen molar-refractivity contribution in [1.82, 2.24) is 20.6 Å². The summed E-state index contributed by atoms with van der Waals surface area (Å²) >= 11 is 3.04. The highest BCUT2D eigenvalue weighted by Crippen LogP contribution is 2.31. The second-order valence-corrected chi connectivity index (χ2v) is 8.48. The molecule has 0 spiro atoms. The summed E-state index contributed by atoms with van der Waals surface area (Å²) < 4.78 is 5.19. The zero-order valence-corrected chi connectivity index (χ0v) is 18.1. The Morgan fingerprint density at radius 2 is 2.07 bits per heavy atom. The number of thioether (sulfide) groups is 1. The van der Waals surface area contributed by atoms with Gasteiger partial charge in [0.05, 0.1) is 28.6 Å². The number of para-hydroxylation sites is 1. The molecular formula is C21H20N4O3S2. The molecule has 0 bridgehead atoms. The first kappa shape index (κ1) is 20.4. The molecule has 3 heterocycles. The van der Waals surface area contributed by atoms with Gasteiger partial charge in [-0.15, -0.1) is 11.3 Å². The molecule has 154 valence electrons. The number of hydrogen-bond donors (Lipinski definition) is 2. The van der Waals surface area contributed by atoms with Crippen molar-refractivity contribution in [2.75, 3.05) is 12.4 Å². The minimum Gasteiger partial charge on any atom is -0.463 e. The molecular weight excluding hydrogens is 420 g/mol. The van der Waals surface area contributed by atoms with Crippen molar-refractivity contribution in [3.63, 3.8) is 0 Å². The summed E-state index contributed by atoms with van der Waals surface area (Å²) in [6, 6.07) is 11.0. The van der Waals surface area contributed by atoms with E-state index in [0.717, 1.165) is 20.8 Å². The molecule has 2 amide bonds. The number of carbonyl (C=O) groups is 2. The van der Waals surface area contributed by atoms with Gasteiger partial charge in [-0.05, 0) is 31.4 Å². The summed E-state index contributed by atoms with van der Waals surface area (Å²) in [5.41, 5.74) is 1.82. The van der Waals surface area contributed by atoms with E-state index in [2.05, 4.69) is 15.6 Å². The predicted octanol–water partition coefficient (Wildman–Crippen LogP) is 3.97. The molecule has 0 fully saturated rings. The Hall–Kier alpha value is -2.91. The lowest BCUT2D eigenvalue weighted by molar-refractivity contribution is -0.138. The zero-order valence-electron chi connectivity index (χ0n) is 16.5. The summed E-state index contributed by atoms with van der Waals surface area (Å²) in [5, 5.41) is 9.18. The van der Waals surface area contributed by atoms with E-state index in [1.165, 1.54) is 11.8 Å². The predicted molar refractivity (Wildman–Crippen MR) is 118 cm³/mol. The van der Waals surface area contributed by atoms with Crippen LogP contribution < -0.4 is 10.6 Å². The number of nitrogens with zero attached hydrogens (tertiary/aromatic N) is 2. The van der Waals surface area contributed by atoms with Crippen LogP contribution in [0.25, 0.3) is 21.6 Å². The number of amides is 2. The standard InChI is InChI=1S/C21H20N4O3S2/c1-3-28-20(26)17-12(2)22-21(27)24-15(17)11-30-19-13-7-4-5-8-14(13)23-18(25-19)16-9-6-10-29-16/h4-10,12H,3,11H2,1-2H3,(H2,22,24,27)/t12-/m0/s1. The van der Waals surface area contributed by atoms with E-state index in [1.54, 1.807) is 25.2 Å². The van der Waals surface area contributed by atoms with Crippen LogP contribution in [0.2, 0.25) is 0 Å². The SMILES string of the molecule is CCOC(=O)C1=C(CSc2nc(-c3cccs3)nc3ccccc23)NC(=O)N[C@H]1C. The van der Waals surface area contributed by atoms with Crippen molar-refractivity contribution in [3.8, 4) is 10.7 Å². The van der Waals surface area contributed by atoms with Crippen LogP contribution in [0.5, 0.6) is 0 Å². The number of aromatic nitrogens is 2. The van der Waals surface area contributed by atoms with Crippen molar-refractivity contribution in [1.29, 1.82) is 0 Å². The molecule has 0 saturated heterocycles. The minimum absolute atomic E-state index is 0.268. The van der Waals surface area contributed by atoms with Gasteiger partial charge < -0.3 is 15.4 Å². The van der Waals surface area contributed by atoms with Crippen LogP contribution in [-0.2, 0) is 9.53 Å². The average Bonchev–Trinajstić information content (AvgIpc) is 3.26. The number of nitrogens with one attached hydrogen (secondary N) is 2. The van der Waals surface area contributed by atoms with Gasteiger partial charge in [-0.2, -0.15) is 0 Å². The smallest absolute Gasteiger partial charge is 0.337 e. The molecule has 4 rings (SSSR count). The summed E-state index contributed by atoms with van der Waals surface area (Å²) in [7, 11) is 0. The van der Waals surface area contributed by atoms with E-state index in [-0.39, 0.29) is 12.6 Å². The third kappa shape index (κ3) is 4.17. The maximum atomic E-state index is 12.5. The molecule has 7 nitrogen and oxygen atoms in total. The highest BCUT2D eigenvalue weighted by Gasteiger charge is 2.29. The monoisotopic (exact) mass is 440 g/mol. The van der Waals surface area contributed by atoms with E-state index in [9.17, 15) is 9.59 Å². The van der Waals surface area contributed by atoms with Gasteiger partial charge in [-0.25, -0.2) is 19.6 Å². The third-order valence-corrected chi connectivity index (χ3v) is 6.41. The topological polar surface area (TPSA) is 93.2 Å². The van der Waals surface area contributed by atoms with E-state index in [1.807, 2.05) is 41.8 Å². The Kier molecular flexibility index (Phi) is 6.01. The molecule has 0 aliphatic carbocycles. The summed E-state index contributed by atoms with van der Waals surface area (Å²) in [6.45, 7) is 3.79. The number of fused-ring (bicyclic) bond motifs is 1. The molecule has 1 aromatic carbocycles. The number of rotatable bonds is 6. The Bertz CT molecular complexity index is 1130. The first-order valence-electron chi connectivity index (χ1n) is 9.48. The molecule has 0 unspecified atom stereocenters. The third-order valence-electron chi connectivity index (χ3n) is 4.53. The molecule has 2 N–H and O–H groups in total. The minimum atomic E-state index is -0.433. The fraction of sp³-hybridized carbons (Fsp3) is 0.238. The molecule has 1 aliphatic rings. The highest BCUT2D eigenvalue weighted by molar-refractivity contribution is 7.99. The van der Waals surface area contributed by atoms with Gasteiger partial charge in [-0.1, -0.05) is 36.0 Å². The lowest BCUT2D eigenvalue weighted by Gasteiger charge is -2.26. The first-order valence-corrected chi connectivity index (χ1v) is 11.3. The van der Waals surface area contributed by atoms with Gasteiger partial charge in [-0.3, -0.25) is 0 Å². The van der Waals surface area contributed by atoms with E-state index >= 15 is 0 Å². The number of benzene rings is 1. The van der Waals surface area contributed by atoms with Gasteiger partial charge in [0.25, 0.3) is 0 Å².